The first-order valence-electron chi connectivity index (χ1n) is 9.22. The van der Waals surface area contributed by atoms with Crippen LogP contribution in [0.25, 0.3) is 0 Å². The maximum atomic E-state index is 13.9. The van der Waals surface area contributed by atoms with Gasteiger partial charge in [0, 0.05) is 45.6 Å². The van der Waals surface area contributed by atoms with Crippen LogP contribution in [0.1, 0.15) is 17.3 Å². The summed E-state index contributed by atoms with van der Waals surface area (Å²) in [5, 5.41) is 8.47. The molecule has 2 aromatic rings. The number of likely N-dealkylation sites (tertiary alicyclic amines) is 1. The van der Waals surface area contributed by atoms with E-state index in [1.165, 1.54) is 6.07 Å². The van der Waals surface area contributed by atoms with Crippen LogP contribution in [0.2, 0.25) is 0 Å². The van der Waals surface area contributed by atoms with Crippen LogP contribution in [-0.4, -0.2) is 59.8 Å². The Morgan fingerprint density at radius 2 is 1.96 bits per heavy atom. The molecule has 1 aromatic carbocycles. The van der Waals surface area contributed by atoms with Gasteiger partial charge in [-0.1, -0.05) is 12.1 Å². The molecule has 2 fully saturated rings. The van der Waals surface area contributed by atoms with Gasteiger partial charge in [0.1, 0.15) is 5.82 Å². The minimum absolute atomic E-state index is 0.0275. The summed E-state index contributed by atoms with van der Waals surface area (Å²) in [5.74, 6) is 1.15. The molecule has 4 rings (SSSR count). The van der Waals surface area contributed by atoms with Crippen molar-refractivity contribution in [3.8, 4) is 0 Å². The average Bonchev–Trinajstić information content (AvgIpc) is 3.19. The molecule has 3 atom stereocenters. The summed E-state index contributed by atoms with van der Waals surface area (Å²) in [6.45, 7) is 4.19. The normalized spacial score (nSPS) is 24.2. The third kappa shape index (κ3) is 3.22. The topological polar surface area (TPSA) is 52.6 Å². The number of nitrogens with zero attached hydrogens (tertiary/aromatic N) is 5. The fourth-order valence-electron chi connectivity index (χ4n) is 4.36. The molecule has 2 aliphatic rings. The van der Waals surface area contributed by atoms with E-state index in [9.17, 15) is 9.18 Å². The lowest BCUT2D eigenvalue weighted by atomic mass is 9.89. The van der Waals surface area contributed by atoms with Crippen molar-refractivity contribution < 1.29 is 9.18 Å². The molecule has 0 N–H and O–H groups in total. The first-order valence-corrected chi connectivity index (χ1v) is 9.22. The van der Waals surface area contributed by atoms with Crippen molar-refractivity contribution in [3.05, 3.63) is 53.5 Å². The van der Waals surface area contributed by atoms with E-state index in [2.05, 4.69) is 15.1 Å². The molecule has 2 amide bonds. The molecule has 1 aromatic heterocycles. The minimum Gasteiger partial charge on any atom is -0.354 e. The maximum Gasteiger partial charge on any atom is 0.320 e. The highest BCUT2D eigenvalue weighted by atomic mass is 19.1. The molecule has 0 aliphatic carbocycles. The number of carbonyl (C=O) groups is 1. The van der Waals surface area contributed by atoms with Crippen LogP contribution in [0.4, 0.5) is 15.0 Å². The number of rotatable bonds is 2. The van der Waals surface area contributed by atoms with E-state index >= 15 is 0 Å². The van der Waals surface area contributed by atoms with Crippen molar-refractivity contribution in [1.82, 2.24) is 20.0 Å². The Morgan fingerprint density at radius 1 is 1.15 bits per heavy atom. The molecular formula is C20H24FN5O. The van der Waals surface area contributed by atoms with Gasteiger partial charge in [-0.15, -0.1) is 5.10 Å². The zero-order valence-corrected chi connectivity index (χ0v) is 15.8. The number of urea groups is 1. The molecular weight excluding hydrogens is 345 g/mol. The van der Waals surface area contributed by atoms with Crippen LogP contribution in [0.5, 0.6) is 0 Å². The van der Waals surface area contributed by atoms with Gasteiger partial charge in [-0.3, -0.25) is 0 Å². The largest absolute Gasteiger partial charge is 0.354 e. The molecule has 27 heavy (non-hydrogen) atoms. The van der Waals surface area contributed by atoms with E-state index in [1.807, 2.05) is 30.0 Å². The third-order valence-corrected chi connectivity index (χ3v) is 5.59. The first-order chi connectivity index (χ1) is 12.9. The second kappa shape index (κ2) is 6.79. The van der Waals surface area contributed by atoms with Crippen molar-refractivity contribution >= 4 is 11.8 Å². The number of anilines is 1. The van der Waals surface area contributed by atoms with Crippen LogP contribution in [-0.2, 0) is 0 Å². The molecule has 2 aliphatic heterocycles. The lowest BCUT2D eigenvalue weighted by Gasteiger charge is -2.32. The number of aryl methyl sites for hydroxylation is 1. The predicted octanol–water partition coefficient (Wildman–Crippen LogP) is 2.72. The SMILES string of the molecule is Cc1ccc(N2C[C@@H]3CN(C(=O)N(C)C)[C@H](c4cccc(F)c4)[C@@H]3C2)nn1. The van der Waals surface area contributed by atoms with Crippen molar-refractivity contribution in [2.24, 2.45) is 11.8 Å². The Hall–Kier alpha value is -2.70. The van der Waals surface area contributed by atoms with Crippen molar-refractivity contribution in [1.29, 1.82) is 0 Å². The van der Waals surface area contributed by atoms with E-state index in [1.54, 1.807) is 31.1 Å². The Morgan fingerprint density at radius 3 is 2.63 bits per heavy atom. The summed E-state index contributed by atoms with van der Waals surface area (Å²) in [6.07, 6.45) is 0. The van der Waals surface area contributed by atoms with Crippen LogP contribution >= 0.6 is 0 Å². The number of halogens is 1. The van der Waals surface area contributed by atoms with Crippen molar-refractivity contribution in [3.63, 3.8) is 0 Å². The lowest BCUT2D eigenvalue weighted by molar-refractivity contribution is 0.159. The standard InChI is InChI=1S/C20H24FN5O/c1-13-7-8-18(23-22-13)25-10-15-11-26(20(27)24(2)3)19(17(15)12-25)14-5-4-6-16(21)9-14/h4-9,15,17,19H,10-12H2,1-3H3/t15-,17-,19-/m1/s1. The minimum atomic E-state index is -0.271. The predicted molar refractivity (Wildman–Crippen MR) is 101 cm³/mol. The Labute approximate surface area is 158 Å². The van der Waals surface area contributed by atoms with E-state index < -0.39 is 0 Å². The quantitative estimate of drug-likeness (QED) is 0.817. The molecule has 3 heterocycles. The van der Waals surface area contributed by atoms with Crippen LogP contribution in [0.15, 0.2) is 36.4 Å². The van der Waals surface area contributed by atoms with Gasteiger partial charge in [-0.05, 0) is 36.8 Å². The van der Waals surface area contributed by atoms with Gasteiger partial charge in [0.15, 0.2) is 5.82 Å². The van der Waals surface area contributed by atoms with E-state index in [0.717, 1.165) is 30.2 Å². The highest BCUT2D eigenvalue weighted by Gasteiger charge is 2.49. The molecule has 0 saturated carbocycles. The van der Waals surface area contributed by atoms with E-state index in [4.69, 9.17) is 0 Å². The van der Waals surface area contributed by atoms with Crippen LogP contribution in [0, 0.1) is 24.6 Å². The third-order valence-electron chi connectivity index (χ3n) is 5.59. The number of benzene rings is 1. The summed E-state index contributed by atoms with van der Waals surface area (Å²) in [6, 6.07) is 10.4. The van der Waals surface area contributed by atoms with Gasteiger partial charge in [0.2, 0.25) is 0 Å². The molecule has 0 unspecified atom stereocenters. The van der Waals surface area contributed by atoms with Gasteiger partial charge in [0.25, 0.3) is 0 Å². The van der Waals surface area contributed by atoms with Crippen molar-refractivity contribution in [2.75, 3.05) is 38.6 Å². The maximum absolute atomic E-state index is 13.9. The molecule has 6 nitrogen and oxygen atoms in total. The lowest BCUT2D eigenvalue weighted by Crippen LogP contribution is -2.41. The molecule has 7 heteroatoms. The molecule has 0 bridgehead atoms. The summed E-state index contributed by atoms with van der Waals surface area (Å²) in [4.78, 5) is 18.5. The summed E-state index contributed by atoms with van der Waals surface area (Å²) >= 11 is 0. The van der Waals surface area contributed by atoms with Gasteiger partial charge in [-0.2, -0.15) is 5.10 Å². The van der Waals surface area contributed by atoms with Gasteiger partial charge < -0.3 is 14.7 Å². The highest BCUT2D eigenvalue weighted by molar-refractivity contribution is 5.75. The summed E-state index contributed by atoms with van der Waals surface area (Å²) in [5.41, 5.74) is 1.74. The first kappa shape index (κ1) is 17.7. The van der Waals surface area contributed by atoms with Crippen LogP contribution < -0.4 is 4.90 Å². The fraction of sp³-hybridized carbons (Fsp3) is 0.450. The Bertz CT molecular complexity index is 841. The zero-order valence-electron chi connectivity index (χ0n) is 15.8. The zero-order chi connectivity index (χ0) is 19.1. The van der Waals surface area contributed by atoms with E-state index in [-0.39, 0.29) is 23.8 Å². The fourth-order valence-corrected chi connectivity index (χ4v) is 4.36. The van der Waals surface area contributed by atoms with Gasteiger partial charge >= 0.3 is 6.03 Å². The van der Waals surface area contributed by atoms with Crippen LogP contribution in [0.3, 0.4) is 0 Å². The Kier molecular flexibility index (Phi) is 4.45. The van der Waals surface area contributed by atoms with E-state index in [0.29, 0.717) is 12.5 Å². The van der Waals surface area contributed by atoms with Gasteiger partial charge in [-0.25, -0.2) is 9.18 Å². The smallest absolute Gasteiger partial charge is 0.320 e. The van der Waals surface area contributed by atoms with Gasteiger partial charge in [0.05, 0.1) is 11.7 Å². The number of carbonyl (C=O) groups excluding carboxylic acids is 1. The van der Waals surface area contributed by atoms with Crippen molar-refractivity contribution in [2.45, 2.75) is 13.0 Å². The summed E-state index contributed by atoms with van der Waals surface area (Å²) in [7, 11) is 3.51. The Balaban J connectivity index is 1.64. The number of aromatic nitrogens is 2. The molecule has 142 valence electrons. The molecule has 0 spiro atoms. The monoisotopic (exact) mass is 369 g/mol. The second-order valence-electron chi connectivity index (χ2n) is 7.69. The molecule has 0 radical (unpaired) electrons. The number of hydrogen-bond donors (Lipinski definition) is 0. The average molecular weight is 369 g/mol. The molecule has 2 saturated heterocycles. The summed E-state index contributed by atoms with van der Waals surface area (Å²) < 4.78 is 13.9. The highest BCUT2D eigenvalue weighted by Crippen LogP contribution is 2.46. The number of amides is 2. The number of hydrogen-bond acceptors (Lipinski definition) is 4. The number of fused-ring (bicyclic) bond motifs is 1. The second-order valence-corrected chi connectivity index (χ2v) is 7.69.